The Balaban J connectivity index is 2.37. The molecule has 23 heavy (non-hydrogen) atoms. The van der Waals surface area contributed by atoms with Crippen LogP contribution in [0.2, 0.25) is 0 Å². The van der Waals surface area contributed by atoms with Crippen molar-refractivity contribution in [2.24, 2.45) is 0 Å². The quantitative estimate of drug-likeness (QED) is 0.857. The number of carbonyl (C=O) groups is 3. The molecule has 1 aromatic heterocycles. The second-order valence-electron chi connectivity index (χ2n) is 5.51. The van der Waals surface area contributed by atoms with Crippen LogP contribution < -0.4 is 5.32 Å². The first-order valence-electron chi connectivity index (χ1n) is 7.80. The number of esters is 1. The molecular formula is C16H22N2O4S. The first-order chi connectivity index (χ1) is 11.0. The Labute approximate surface area is 139 Å². The molecule has 2 rings (SSSR count). The van der Waals surface area contributed by atoms with Crippen LogP contribution in [-0.4, -0.2) is 42.9 Å². The summed E-state index contributed by atoms with van der Waals surface area (Å²) in [7, 11) is 1.29. The average Bonchev–Trinajstić information content (AvgIpc) is 2.90. The number of nitrogens with zero attached hydrogens (tertiary/aromatic N) is 1. The van der Waals surface area contributed by atoms with Crippen LogP contribution in [0.1, 0.15) is 58.2 Å². The van der Waals surface area contributed by atoms with E-state index in [2.05, 4.69) is 5.32 Å². The lowest BCUT2D eigenvalue weighted by molar-refractivity contribution is -0.115. The summed E-state index contributed by atoms with van der Waals surface area (Å²) >= 11 is 1.15. The van der Waals surface area contributed by atoms with Gasteiger partial charge in [-0.05, 0) is 31.7 Å². The van der Waals surface area contributed by atoms with Gasteiger partial charge in [-0.2, -0.15) is 0 Å². The Hall–Kier alpha value is -1.89. The van der Waals surface area contributed by atoms with Gasteiger partial charge >= 0.3 is 5.97 Å². The van der Waals surface area contributed by atoms with Crippen LogP contribution in [0, 0.1) is 6.92 Å². The van der Waals surface area contributed by atoms with Crippen LogP contribution in [0.3, 0.4) is 0 Å². The van der Waals surface area contributed by atoms with Crippen LogP contribution in [0.25, 0.3) is 0 Å². The van der Waals surface area contributed by atoms with Crippen molar-refractivity contribution < 1.29 is 19.1 Å². The highest BCUT2D eigenvalue weighted by Crippen LogP contribution is 2.35. The molecule has 0 unspecified atom stereocenters. The van der Waals surface area contributed by atoms with Gasteiger partial charge in [-0.15, -0.1) is 11.3 Å². The Morgan fingerprint density at radius 3 is 2.43 bits per heavy atom. The number of rotatable bonds is 4. The van der Waals surface area contributed by atoms with Gasteiger partial charge in [0.15, 0.2) is 0 Å². The molecule has 0 radical (unpaired) electrons. The number of anilines is 1. The third-order valence-corrected chi connectivity index (χ3v) is 5.14. The minimum Gasteiger partial charge on any atom is -0.465 e. The molecule has 0 spiro atoms. The first kappa shape index (κ1) is 17.5. The van der Waals surface area contributed by atoms with Gasteiger partial charge < -0.3 is 15.0 Å². The van der Waals surface area contributed by atoms with Crippen LogP contribution in [-0.2, 0) is 9.53 Å². The van der Waals surface area contributed by atoms with E-state index in [1.165, 1.54) is 7.11 Å². The van der Waals surface area contributed by atoms with Gasteiger partial charge in [0, 0.05) is 19.5 Å². The molecule has 0 bridgehead atoms. The zero-order chi connectivity index (χ0) is 17.0. The number of likely N-dealkylation sites (tertiary alicyclic amines) is 1. The predicted octanol–water partition coefficient (Wildman–Crippen LogP) is 2.82. The van der Waals surface area contributed by atoms with Crippen molar-refractivity contribution in [2.75, 3.05) is 25.5 Å². The zero-order valence-electron chi connectivity index (χ0n) is 13.7. The van der Waals surface area contributed by atoms with Crippen molar-refractivity contribution in [3.63, 3.8) is 0 Å². The van der Waals surface area contributed by atoms with E-state index in [1.54, 1.807) is 13.8 Å². The molecule has 1 aliphatic rings. The maximum Gasteiger partial charge on any atom is 0.341 e. The first-order valence-corrected chi connectivity index (χ1v) is 8.62. The molecule has 1 N–H and O–H groups in total. The Bertz CT molecular complexity index is 618. The Morgan fingerprint density at radius 1 is 1.22 bits per heavy atom. The van der Waals surface area contributed by atoms with Gasteiger partial charge in [0.25, 0.3) is 5.91 Å². The Morgan fingerprint density at radius 2 is 1.87 bits per heavy atom. The van der Waals surface area contributed by atoms with Gasteiger partial charge in [0.1, 0.15) is 5.00 Å². The number of nitrogens with one attached hydrogen (secondary N) is 1. The van der Waals surface area contributed by atoms with E-state index in [-0.39, 0.29) is 17.4 Å². The monoisotopic (exact) mass is 338 g/mol. The second kappa shape index (κ2) is 7.59. The van der Waals surface area contributed by atoms with E-state index >= 15 is 0 Å². The van der Waals surface area contributed by atoms with E-state index in [1.807, 2.05) is 4.90 Å². The van der Waals surface area contributed by atoms with Crippen molar-refractivity contribution >= 4 is 34.1 Å². The van der Waals surface area contributed by atoms with Crippen molar-refractivity contribution in [3.05, 3.63) is 16.0 Å². The zero-order valence-corrected chi connectivity index (χ0v) is 14.5. The number of methoxy groups -OCH3 is 1. The van der Waals surface area contributed by atoms with Crippen LogP contribution in [0.4, 0.5) is 5.00 Å². The van der Waals surface area contributed by atoms with Crippen molar-refractivity contribution in [1.82, 2.24) is 4.90 Å². The van der Waals surface area contributed by atoms with E-state index in [4.69, 9.17) is 4.74 Å². The van der Waals surface area contributed by atoms with Crippen molar-refractivity contribution in [2.45, 2.75) is 39.5 Å². The molecule has 6 nitrogen and oxygen atoms in total. The molecule has 1 aromatic rings. The highest BCUT2D eigenvalue weighted by atomic mass is 32.1. The SMILES string of the molecule is CCC(=O)Nc1sc(C(=O)N2CCCCC2)c(C)c1C(=O)OC. The second-order valence-corrected chi connectivity index (χ2v) is 6.53. The predicted molar refractivity (Wildman–Crippen MR) is 89.1 cm³/mol. The molecule has 0 atom stereocenters. The van der Waals surface area contributed by atoms with Gasteiger partial charge in [-0.3, -0.25) is 9.59 Å². The number of carbonyl (C=O) groups excluding carboxylic acids is 3. The lowest BCUT2D eigenvalue weighted by Gasteiger charge is -2.26. The number of hydrogen-bond acceptors (Lipinski definition) is 5. The normalized spacial score (nSPS) is 14.5. The summed E-state index contributed by atoms with van der Waals surface area (Å²) in [5.74, 6) is -0.814. The topological polar surface area (TPSA) is 75.7 Å². The molecular weight excluding hydrogens is 316 g/mol. The molecule has 1 saturated heterocycles. The van der Waals surface area contributed by atoms with E-state index in [0.717, 1.165) is 43.7 Å². The summed E-state index contributed by atoms with van der Waals surface area (Å²) in [6.07, 6.45) is 3.43. The molecule has 2 heterocycles. The lowest BCUT2D eigenvalue weighted by Crippen LogP contribution is -2.35. The van der Waals surface area contributed by atoms with Crippen LogP contribution >= 0.6 is 11.3 Å². The molecule has 126 valence electrons. The highest BCUT2D eigenvalue weighted by molar-refractivity contribution is 7.18. The molecule has 0 aromatic carbocycles. The fraction of sp³-hybridized carbons (Fsp3) is 0.562. The number of amides is 2. The molecule has 0 aliphatic carbocycles. The number of thiophene rings is 1. The maximum absolute atomic E-state index is 12.7. The highest BCUT2D eigenvalue weighted by Gasteiger charge is 2.28. The van der Waals surface area contributed by atoms with E-state index in [9.17, 15) is 14.4 Å². The lowest BCUT2D eigenvalue weighted by atomic mass is 10.1. The minimum absolute atomic E-state index is 0.0747. The largest absolute Gasteiger partial charge is 0.465 e. The molecule has 7 heteroatoms. The average molecular weight is 338 g/mol. The van der Waals surface area contributed by atoms with Crippen molar-refractivity contribution in [1.29, 1.82) is 0 Å². The molecule has 0 saturated carbocycles. The van der Waals surface area contributed by atoms with E-state index in [0.29, 0.717) is 21.9 Å². The van der Waals surface area contributed by atoms with Gasteiger partial charge in [-0.1, -0.05) is 6.92 Å². The third-order valence-electron chi connectivity index (χ3n) is 3.95. The summed E-state index contributed by atoms with van der Waals surface area (Å²) in [4.78, 5) is 38.8. The van der Waals surface area contributed by atoms with Crippen LogP contribution in [0.5, 0.6) is 0 Å². The number of piperidine rings is 1. The maximum atomic E-state index is 12.7. The standard InChI is InChI=1S/C16H22N2O4S/c1-4-11(19)17-14-12(16(21)22-3)10(2)13(23-14)15(20)18-8-6-5-7-9-18/h4-9H2,1-3H3,(H,17,19). The Kier molecular flexibility index (Phi) is 5.76. The smallest absolute Gasteiger partial charge is 0.341 e. The van der Waals surface area contributed by atoms with Gasteiger partial charge in [-0.25, -0.2) is 4.79 Å². The summed E-state index contributed by atoms with van der Waals surface area (Å²) in [5.41, 5.74) is 0.850. The fourth-order valence-corrected chi connectivity index (χ4v) is 3.79. The van der Waals surface area contributed by atoms with Gasteiger partial charge in [0.2, 0.25) is 5.91 Å². The third kappa shape index (κ3) is 3.72. The fourth-order valence-electron chi connectivity index (χ4n) is 2.61. The number of hydrogen-bond donors (Lipinski definition) is 1. The van der Waals surface area contributed by atoms with Gasteiger partial charge in [0.05, 0.1) is 17.6 Å². The molecule has 1 fully saturated rings. The molecule has 2 amide bonds. The minimum atomic E-state index is -0.539. The summed E-state index contributed by atoms with van der Waals surface area (Å²) in [5, 5.41) is 3.09. The van der Waals surface area contributed by atoms with Crippen LogP contribution in [0.15, 0.2) is 0 Å². The molecule has 1 aliphatic heterocycles. The summed E-state index contributed by atoms with van der Waals surface area (Å²) in [6.45, 7) is 4.93. The summed E-state index contributed by atoms with van der Waals surface area (Å²) < 4.78 is 4.80. The van der Waals surface area contributed by atoms with E-state index < -0.39 is 5.97 Å². The van der Waals surface area contributed by atoms with Crippen molar-refractivity contribution in [3.8, 4) is 0 Å². The number of ether oxygens (including phenoxy) is 1. The summed E-state index contributed by atoms with van der Waals surface area (Å²) in [6, 6.07) is 0.